The van der Waals surface area contributed by atoms with E-state index in [2.05, 4.69) is 13.8 Å². The predicted octanol–water partition coefficient (Wildman–Crippen LogP) is 1.47. The molecule has 0 aromatic rings. The van der Waals surface area contributed by atoms with Crippen LogP contribution in [0.15, 0.2) is 0 Å². The summed E-state index contributed by atoms with van der Waals surface area (Å²) in [6.45, 7) is 7.64. The van der Waals surface area contributed by atoms with Crippen LogP contribution in [0.2, 0.25) is 0 Å². The van der Waals surface area contributed by atoms with Crippen molar-refractivity contribution in [2.45, 2.75) is 78.4 Å². The Labute approximate surface area is 136 Å². The van der Waals surface area contributed by atoms with Crippen molar-refractivity contribution >= 4 is 48.9 Å². The minimum atomic E-state index is -0.347. The molecule has 0 saturated carbocycles. The van der Waals surface area contributed by atoms with E-state index < -0.39 is 0 Å². The summed E-state index contributed by atoms with van der Waals surface area (Å²) in [4.78, 5) is 0. The van der Waals surface area contributed by atoms with E-state index in [1.807, 2.05) is 0 Å². The summed E-state index contributed by atoms with van der Waals surface area (Å²) >= 11 is 0. The van der Waals surface area contributed by atoms with Crippen LogP contribution in [-0.4, -0.2) is 61.1 Å². The maximum atomic E-state index is 10.3. The molecule has 0 bridgehead atoms. The Bertz CT molecular complexity index is 83.6. The SMILES string of the molecule is CCCCC(C)[O-].CCCCC(C)[O-].[Ba+2]. The zero-order valence-corrected chi connectivity index (χ0v) is 15.4. The van der Waals surface area contributed by atoms with E-state index in [1.165, 1.54) is 0 Å². The van der Waals surface area contributed by atoms with E-state index in [1.54, 1.807) is 13.8 Å². The van der Waals surface area contributed by atoms with Crippen LogP contribution in [-0.2, 0) is 0 Å². The molecule has 0 amide bonds. The van der Waals surface area contributed by atoms with Gasteiger partial charge in [-0.1, -0.05) is 66.2 Å². The average molecular weight is 340 g/mol. The topological polar surface area (TPSA) is 46.1 Å². The first-order valence-corrected chi connectivity index (χ1v) is 5.86. The Morgan fingerprint density at radius 1 is 0.800 bits per heavy atom. The van der Waals surface area contributed by atoms with Crippen LogP contribution in [0, 0.1) is 0 Å². The third-order valence-corrected chi connectivity index (χ3v) is 1.93. The molecule has 0 radical (unpaired) electrons. The van der Waals surface area contributed by atoms with Gasteiger partial charge in [-0.25, -0.2) is 0 Å². The molecule has 0 aliphatic carbocycles. The van der Waals surface area contributed by atoms with Crippen LogP contribution in [0.3, 0.4) is 0 Å². The van der Waals surface area contributed by atoms with Crippen molar-refractivity contribution in [3.8, 4) is 0 Å². The van der Waals surface area contributed by atoms with Crippen LogP contribution in [0.5, 0.6) is 0 Å². The third-order valence-electron chi connectivity index (χ3n) is 1.93. The maximum Gasteiger partial charge on any atom is 2.00 e. The van der Waals surface area contributed by atoms with Gasteiger partial charge in [0.25, 0.3) is 0 Å². The fourth-order valence-electron chi connectivity index (χ4n) is 0.983. The Hall–Kier alpha value is 1.49. The summed E-state index contributed by atoms with van der Waals surface area (Å²) in [5.41, 5.74) is 0. The summed E-state index contributed by atoms with van der Waals surface area (Å²) < 4.78 is 0. The van der Waals surface area contributed by atoms with Gasteiger partial charge in [0.1, 0.15) is 0 Å². The molecule has 0 aliphatic heterocycles. The number of rotatable bonds is 6. The zero-order chi connectivity index (χ0) is 11.4. The van der Waals surface area contributed by atoms with Gasteiger partial charge in [0.2, 0.25) is 0 Å². The van der Waals surface area contributed by atoms with E-state index in [0.29, 0.717) is 0 Å². The molecular weight excluding hydrogens is 313 g/mol. The molecule has 0 N–H and O–H groups in total. The van der Waals surface area contributed by atoms with E-state index in [9.17, 15) is 10.2 Å². The standard InChI is InChI=1S/2C6H13O.Ba/c2*1-3-4-5-6(2)7;/h2*6H,3-5H2,1-2H3;/q2*-1;+2. The van der Waals surface area contributed by atoms with Crippen LogP contribution < -0.4 is 10.2 Å². The quantitative estimate of drug-likeness (QED) is 0.688. The smallest absolute Gasteiger partial charge is 0.852 e. The van der Waals surface area contributed by atoms with Gasteiger partial charge in [0, 0.05) is 0 Å². The fraction of sp³-hybridized carbons (Fsp3) is 1.00. The van der Waals surface area contributed by atoms with Gasteiger partial charge in [-0.2, -0.15) is 0 Å². The van der Waals surface area contributed by atoms with Crippen molar-refractivity contribution < 1.29 is 10.2 Å². The Kier molecular flexibility index (Phi) is 25.9. The molecule has 0 aromatic heterocycles. The van der Waals surface area contributed by atoms with Gasteiger partial charge in [-0.3, -0.25) is 0 Å². The molecule has 0 fully saturated rings. The maximum absolute atomic E-state index is 10.3. The molecule has 2 unspecified atom stereocenters. The first-order chi connectivity index (χ1) is 6.54. The van der Waals surface area contributed by atoms with Crippen LogP contribution in [0.1, 0.15) is 66.2 Å². The Morgan fingerprint density at radius 2 is 1.07 bits per heavy atom. The summed E-state index contributed by atoms with van der Waals surface area (Å²) in [7, 11) is 0. The van der Waals surface area contributed by atoms with Crippen LogP contribution >= 0.6 is 0 Å². The molecule has 2 nitrogen and oxygen atoms in total. The number of hydrogen-bond donors (Lipinski definition) is 0. The molecule has 0 saturated heterocycles. The molecule has 15 heavy (non-hydrogen) atoms. The fourth-order valence-corrected chi connectivity index (χ4v) is 0.983. The van der Waals surface area contributed by atoms with Crippen molar-refractivity contribution in [2.75, 3.05) is 0 Å². The average Bonchev–Trinajstić information content (AvgIpc) is 2.12. The predicted molar refractivity (Wildman–Crippen MR) is 63.7 cm³/mol. The summed E-state index contributed by atoms with van der Waals surface area (Å²) in [5.74, 6) is 0. The Balaban J connectivity index is -0.000000180. The third kappa shape index (κ3) is 31.3. The van der Waals surface area contributed by atoms with Gasteiger partial charge in [0.05, 0.1) is 0 Å². The molecule has 0 rings (SSSR count). The van der Waals surface area contributed by atoms with Crippen molar-refractivity contribution in [3.63, 3.8) is 0 Å². The summed E-state index contributed by atoms with van der Waals surface area (Å²) in [6.07, 6.45) is 5.46. The Morgan fingerprint density at radius 3 is 1.13 bits per heavy atom. The first kappa shape index (κ1) is 21.7. The van der Waals surface area contributed by atoms with Crippen LogP contribution in [0.25, 0.3) is 0 Å². The van der Waals surface area contributed by atoms with Gasteiger partial charge in [-0.05, 0) is 0 Å². The van der Waals surface area contributed by atoms with Gasteiger partial charge in [-0.15, -0.1) is 12.2 Å². The summed E-state index contributed by atoms with van der Waals surface area (Å²) in [6, 6.07) is 0. The van der Waals surface area contributed by atoms with Crippen molar-refractivity contribution in [1.29, 1.82) is 0 Å². The van der Waals surface area contributed by atoms with Crippen molar-refractivity contribution in [3.05, 3.63) is 0 Å². The monoisotopic (exact) mass is 340 g/mol. The van der Waals surface area contributed by atoms with Crippen molar-refractivity contribution in [1.82, 2.24) is 0 Å². The molecule has 0 aliphatic rings. The number of unbranched alkanes of at least 4 members (excludes halogenated alkanes) is 2. The normalized spacial score (nSPS) is 13.2. The minimum Gasteiger partial charge on any atom is -0.852 e. The molecule has 0 heterocycles. The van der Waals surface area contributed by atoms with Crippen LogP contribution in [0.4, 0.5) is 0 Å². The van der Waals surface area contributed by atoms with E-state index in [-0.39, 0.29) is 61.1 Å². The van der Waals surface area contributed by atoms with Crippen molar-refractivity contribution in [2.24, 2.45) is 0 Å². The van der Waals surface area contributed by atoms with Gasteiger partial charge >= 0.3 is 48.9 Å². The molecule has 88 valence electrons. The van der Waals surface area contributed by atoms with E-state index >= 15 is 0 Å². The zero-order valence-electron chi connectivity index (χ0n) is 10.9. The van der Waals surface area contributed by atoms with Gasteiger partial charge in [0.15, 0.2) is 0 Å². The second kappa shape index (κ2) is 17.9. The second-order valence-electron chi connectivity index (χ2n) is 3.91. The molecule has 0 aromatic carbocycles. The van der Waals surface area contributed by atoms with E-state index in [0.717, 1.165) is 38.5 Å². The molecule has 2 atom stereocenters. The summed E-state index contributed by atoms with van der Waals surface area (Å²) in [5, 5.41) is 20.6. The van der Waals surface area contributed by atoms with Gasteiger partial charge < -0.3 is 10.2 Å². The number of hydrogen-bond acceptors (Lipinski definition) is 2. The molecule has 3 heteroatoms. The second-order valence-corrected chi connectivity index (χ2v) is 3.91. The minimum absolute atomic E-state index is 0. The first-order valence-electron chi connectivity index (χ1n) is 5.86. The largest absolute Gasteiger partial charge is 2.00 e. The molecular formula is C12H26BaO2. The molecule has 0 spiro atoms. The van der Waals surface area contributed by atoms with E-state index in [4.69, 9.17) is 0 Å².